The maximum absolute atomic E-state index is 12.3. The van der Waals surface area contributed by atoms with E-state index in [-0.39, 0.29) is 12.4 Å². The highest BCUT2D eigenvalue weighted by molar-refractivity contribution is 6.30. The predicted octanol–water partition coefficient (Wildman–Crippen LogP) is 6.52. The Balaban J connectivity index is 1.70. The third-order valence-electron chi connectivity index (χ3n) is 4.88. The Kier molecular flexibility index (Phi) is 8.12. The number of halogens is 1. The molecule has 0 N–H and O–H groups in total. The molecule has 0 saturated carbocycles. The third kappa shape index (κ3) is 6.61. The Bertz CT molecular complexity index is 1190. The first kappa shape index (κ1) is 23.9. The molecule has 0 aliphatic carbocycles. The lowest BCUT2D eigenvalue weighted by molar-refractivity contribution is -0.136. The highest BCUT2D eigenvalue weighted by atomic mass is 35.5. The molecule has 168 valence electrons. The van der Waals surface area contributed by atoms with E-state index in [4.69, 9.17) is 25.8 Å². The summed E-state index contributed by atoms with van der Waals surface area (Å²) >= 11 is 5.93. The molecule has 0 aromatic heterocycles. The SMILES string of the molecule is COc1cc(/C=C(\C#N)c2ccc(Cl)cc2)ccc1OC(=O)COc1cccc(C(C)C)c1. The van der Waals surface area contributed by atoms with Gasteiger partial charge in [0.15, 0.2) is 18.1 Å². The van der Waals surface area contributed by atoms with E-state index in [0.29, 0.717) is 28.0 Å². The second-order valence-electron chi connectivity index (χ2n) is 7.58. The van der Waals surface area contributed by atoms with Crippen molar-refractivity contribution in [2.75, 3.05) is 13.7 Å². The van der Waals surface area contributed by atoms with Gasteiger partial charge in [-0.2, -0.15) is 5.26 Å². The summed E-state index contributed by atoms with van der Waals surface area (Å²) in [6.45, 7) is 3.95. The monoisotopic (exact) mass is 461 g/mol. The van der Waals surface area contributed by atoms with Gasteiger partial charge in [0.25, 0.3) is 0 Å². The fourth-order valence-corrected chi connectivity index (χ4v) is 3.22. The average Bonchev–Trinajstić information content (AvgIpc) is 2.82. The van der Waals surface area contributed by atoms with Gasteiger partial charge in [-0.1, -0.05) is 55.8 Å². The molecule has 0 aliphatic heterocycles. The number of ether oxygens (including phenoxy) is 3. The van der Waals surface area contributed by atoms with E-state index >= 15 is 0 Å². The number of allylic oxidation sites excluding steroid dienone is 1. The van der Waals surface area contributed by atoms with E-state index in [2.05, 4.69) is 19.9 Å². The van der Waals surface area contributed by atoms with Crippen molar-refractivity contribution in [1.29, 1.82) is 5.26 Å². The number of carbonyl (C=O) groups excluding carboxylic acids is 1. The minimum atomic E-state index is -0.551. The molecular weight excluding hydrogens is 438 g/mol. The minimum absolute atomic E-state index is 0.235. The molecule has 5 nitrogen and oxygen atoms in total. The molecule has 0 aliphatic rings. The summed E-state index contributed by atoms with van der Waals surface area (Å²) in [7, 11) is 1.48. The number of carbonyl (C=O) groups is 1. The van der Waals surface area contributed by atoms with Gasteiger partial charge in [-0.25, -0.2) is 4.79 Å². The molecular formula is C27H24ClNO4. The quantitative estimate of drug-likeness (QED) is 0.165. The van der Waals surface area contributed by atoms with Crippen LogP contribution in [0.4, 0.5) is 0 Å². The van der Waals surface area contributed by atoms with E-state index in [0.717, 1.165) is 16.7 Å². The topological polar surface area (TPSA) is 68.5 Å². The largest absolute Gasteiger partial charge is 0.493 e. The van der Waals surface area contributed by atoms with Gasteiger partial charge in [0.2, 0.25) is 0 Å². The van der Waals surface area contributed by atoms with Crippen LogP contribution in [0.25, 0.3) is 11.6 Å². The first-order valence-electron chi connectivity index (χ1n) is 10.4. The lowest BCUT2D eigenvalue weighted by Gasteiger charge is -2.12. The van der Waals surface area contributed by atoms with Gasteiger partial charge in [0, 0.05) is 5.02 Å². The molecule has 0 saturated heterocycles. The maximum atomic E-state index is 12.3. The van der Waals surface area contributed by atoms with Gasteiger partial charge < -0.3 is 14.2 Å². The molecule has 0 fully saturated rings. The van der Waals surface area contributed by atoms with Gasteiger partial charge in [-0.15, -0.1) is 0 Å². The molecule has 3 aromatic rings. The van der Waals surface area contributed by atoms with Crippen LogP contribution in [0.2, 0.25) is 5.02 Å². The zero-order chi connectivity index (χ0) is 23.8. The predicted molar refractivity (Wildman–Crippen MR) is 130 cm³/mol. The lowest BCUT2D eigenvalue weighted by atomic mass is 10.0. The van der Waals surface area contributed by atoms with E-state index in [1.54, 1.807) is 54.6 Å². The molecule has 0 atom stereocenters. The summed E-state index contributed by atoms with van der Waals surface area (Å²) in [4.78, 5) is 12.3. The normalized spacial score (nSPS) is 11.1. The number of nitrogens with zero attached hydrogens (tertiary/aromatic N) is 1. The number of methoxy groups -OCH3 is 1. The number of hydrogen-bond acceptors (Lipinski definition) is 5. The second kappa shape index (κ2) is 11.2. The Labute approximate surface area is 198 Å². The molecule has 33 heavy (non-hydrogen) atoms. The van der Waals surface area contributed by atoms with Gasteiger partial charge in [-0.3, -0.25) is 0 Å². The molecule has 0 unspecified atom stereocenters. The number of esters is 1. The number of benzene rings is 3. The van der Waals surface area contributed by atoms with Crippen LogP contribution in [-0.4, -0.2) is 19.7 Å². The van der Waals surface area contributed by atoms with Crippen molar-refractivity contribution in [3.63, 3.8) is 0 Å². The van der Waals surface area contributed by atoms with Crippen LogP contribution in [0.3, 0.4) is 0 Å². The zero-order valence-corrected chi connectivity index (χ0v) is 19.4. The zero-order valence-electron chi connectivity index (χ0n) is 18.7. The van der Waals surface area contributed by atoms with Gasteiger partial charge >= 0.3 is 5.97 Å². The van der Waals surface area contributed by atoms with Gasteiger partial charge in [0.05, 0.1) is 18.8 Å². The maximum Gasteiger partial charge on any atom is 0.349 e. The molecule has 0 radical (unpaired) electrons. The summed E-state index contributed by atoms with van der Waals surface area (Å²) < 4.78 is 16.4. The summed E-state index contributed by atoms with van der Waals surface area (Å²) in [6.07, 6.45) is 1.72. The van der Waals surface area contributed by atoms with Gasteiger partial charge in [-0.05, 0) is 65.1 Å². The standard InChI is InChI=1S/C27H24ClNO4/c1-18(2)21-5-4-6-24(15-21)32-17-27(30)33-25-12-7-19(14-26(25)31-3)13-22(16-29)20-8-10-23(28)11-9-20/h4-15,18H,17H2,1-3H3/b22-13+. The highest BCUT2D eigenvalue weighted by Gasteiger charge is 2.12. The van der Waals surface area contributed by atoms with Crippen LogP contribution in [0.5, 0.6) is 17.2 Å². The van der Waals surface area contributed by atoms with Crippen molar-refractivity contribution >= 4 is 29.2 Å². The first-order valence-corrected chi connectivity index (χ1v) is 10.8. The summed E-state index contributed by atoms with van der Waals surface area (Å²) in [5, 5.41) is 10.1. The summed E-state index contributed by atoms with van der Waals surface area (Å²) in [6, 6.07) is 21.9. The Hall–Kier alpha value is -3.75. The average molecular weight is 462 g/mol. The van der Waals surface area contributed by atoms with Crippen LogP contribution >= 0.6 is 11.6 Å². The number of rotatable bonds is 8. The Morgan fingerprint density at radius 3 is 2.48 bits per heavy atom. The molecule has 3 rings (SSSR count). The number of nitriles is 1. The Morgan fingerprint density at radius 1 is 1.06 bits per heavy atom. The number of hydrogen-bond donors (Lipinski definition) is 0. The third-order valence-corrected chi connectivity index (χ3v) is 5.13. The van der Waals surface area contributed by atoms with Crippen LogP contribution < -0.4 is 14.2 Å². The molecule has 0 heterocycles. The fourth-order valence-electron chi connectivity index (χ4n) is 3.09. The van der Waals surface area contributed by atoms with Crippen molar-refractivity contribution in [3.05, 3.63) is 88.4 Å². The van der Waals surface area contributed by atoms with Crippen molar-refractivity contribution in [2.45, 2.75) is 19.8 Å². The summed E-state index contributed by atoms with van der Waals surface area (Å²) in [5.41, 5.74) is 3.06. The minimum Gasteiger partial charge on any atom is -0.493 e. The van der Waals surface area contributed by atoms with Crippen molar-refractivity contribution in [2.24, 2.45) is 0 Å². The van der Waals surface area contributed by atoms with E-state index < -0.39 is 5.97 Å². The molecule has 3 aromatic carbocycles. The first-order chi connectivity index (χ1) is 15.9. The molecule has 0 spiro atoms. The molecule has 0 amide bonds. The van der Waals surface area contributed by atoms with Crippen LogP contribution in [0.15, 0.2) is 66.7 Å². The summed E-state index contributed by atoms with van der Waals surface area (Å²) in [5.74, 6) is 1.05. The van der Waals surface area contributed by atoms with Crippen LogP contribution in [0, 0.1) is 11.3 Å². The lowest BCUT2D eigenvalue weighted by Crippen LogP contribution is -2.18. The smallest absolute Gasteiger partial charge is 0.349 e. The van der Waals surface area contributed by atoms with E-state index in [9.17, 15) is 10.1 Å². The van der Waals surface area contributed by atoms with Gasteiger partial charge in [0.1, 0.15) is 5.75 Å². The van der Waals surface area contributed by atoms with Crippen LogP contribution in [0.1, 0.15) is 36.5 Å². The highest BCUT2D eigenvalue weighted by Crippen LogP contribution is 2.30. The van der Waals surface area contributed by atoms with Crippen molar-refractivity contribution in [3.8, 4) is 23.3 Å². The van der Waals surface area contributed by atoms with E-state index in [1.165, 1.54) is 7.11 Å². The van der Waals surface area contributed by atoms with Crippen LogP contribution in [-0.2, 0) is 4.79 Å². The fraction of sp³-hybridized carbons (Fsp3) is 0.185. The molecule has 6 heteroatoms. The Morgan fingerprint density at radius 2 is 1.82 bits per heavy atom. The van der Waals surface area contributed by atoms with E-state index in [1.807, 2.05) is 18.2 Å². The van der Waals surface area contributed by atoms with Crippen molar-refractivity contribution in [1.82, 2.24) is 0 Å². The van der Waals surface area contributed by atoms with Crippen molar-refractivity contribution < 1.29 is 19.0 Å². The second-order valence-corrected chi connectivity index (χ2v) is 8.01. The molecule has 0 bridgehead atoms.